The van der Waals surface area contributed by atoms with Crippen LogP contribution in [0.2, 0.25) is 0 Å². The molecule has 29 heavy (non-hydrogen) atoms. The zero-order valence-corrected chi connectivity index (χ0v) is 17.1. The van der Waals surface area contributed by atoms with E-state index in [0.717, 1.165) is 25.3 Å². The van der Waals surface area contributed by atoms with Gasteiger partial charge in [-0.05, 0) is 64.7 Å². The number of hydrogen-bond acceptors (Lipinski definition) is 4. The summed E-state index contributed by atoms with van der Waals surface area (Å²) in [6.45, 7) is 6.24. The number of amides is 3. The molecule has 3 amide bonds. The number of likely N-dealkylation sites (tertiary alicyclic amines) is 1. The van der Waals surface area contributed by atoms with Gasteiger partial charge in [0.05, 0.1) is 17.3 Å². The summed E-state index contributed by atoms with van der Waals surface area (Å²) in [4.78, 5) is 38.9. The number of rotatable bonds is 4. The molecule has 2 N–H and O–H groups in total. The monoisotopic (exact) mass is 405 g/mol. The van der Waals surface area contributed by atoms with Crippen LogP contribution in [-0.4, -0.2) is 41.5 Å². The lowest BCUT2D eigenvalue weighted by Gasteiger charge is -2.32. The van der Waals surface area contributed by atoms with Crippen LogP contribution in [0.15, 0.2) is 18.2 Å². The van der Waals surface area contributed by atoms with E-state index >= 15 is 0 Å². The van der Waals surface area contributed by atoms with E-state index in [-0.39, 0.29) is 35.0 Å². The fourth-order valence-electron chi connectivity index (χ4n) is 3.36. The number of carbonyl (C=O) groups excluding carboxylic acids is 3. The second-order valence-corrected chi connectivity index (χ2v) is 8.70. The van der Waals surface area contributed by atoms with E-state index in [0.29, 0.717) is 19.5 Å². The molecule has 1 aromatic rings. The van der Waals surface area contributed by atoms with Gasteiger partial charge in [-0.15, -0.1) is 0 Å². The number of nitrogens with zero attached hydrogens (tertiary/aromatic N) is 1. The normalized spacial score (nSPS) is 19.4. The molecule has 8 heteroatoms. The predicted octanol–water partition coefficient (Wildman–Crippen LogP) is 3.76. The van der Waals surface area contributed by atoms with E-state index in [1.165, 1.54) is 12.1 Å². The van der Waals surface area contributed by atoms with Crippen molar-refractivity contribution >= 4 is 29.3 Å². The number of ether oxygens (including phenoxy) is 1. The lowest BCUT2D eigenvalue weighted by Crippen LogP contribution is -2.44. The van der Waals surface area contributed by atoms with Gasteiger partial charge >= 0.3 is 6.09 Å². The minimum absolute atomic E-state index is 0.115. The first kappa shape index (κ1) is 21.1. The van der Waals surface area contributed by atoms with Crippen molar-refractivity contribution in [3.8, 4) is 0 Å². The molecule has 1 saturated heterocycles. The van der Waals surface area contributed by atoms with Crippen molar-refractivity contribution in [1.29, 1.82) is 0 Å². The number of piperidine rings is 1. The molecule has 0 radical (unpaired) electrons. The smallest absolute Gasteiger partial charge is 0.412 e. The van der Waals surface area contributed by atoms with Crippen LogP contribution in [0, 0.1) is 17.7 Å². The molecule has 1 unspecified atom stereocenters. The Balaban J connectivity index is 1.66. The summed E-state index contributed by atoms with van der Waals surface area (Å²) in [6, 6.07) is 3.72. The third kappa shape index (κ3) is 5.92. The molecular weight excluding hydrogens is 377 g/mol. The maximum atomic E-state index is 13.8. The second kappa shape index (κ2) is 8.39. The Morgan fingerprint density at radius 1 is 1.07 bits per heavy atom. The maximum absolute atomic E-state index is 13.8. The molecule has 7 nitrogen and oxygen atoms in total. The van der Waals surface area contributed by atoms with Crippen LogP contribution < -0.4 is 10.6 Å². The van der Waals surface area contributed by atoms with Crippen LogP contribution in [0.25, 0.3) is 0 Å². The minimum atomic E-state index is -0.696. The standard InChI is InChI=1S/C21H28FN3O4/c1-21(2,3)29-20(28)24-16-9-8-15(22)11-17(16)23-18(26)14-5-4-10-25(12-14)19(27)13-6-7-13/h8-9,11,13-14H,4-7,10,12H2,1-3H3,(H,23,26)(H,24,28). The summed E-state index contributed by atoms with van der Waals surface area (Å²) in [5.74, 6) is -0.963. The molecule has 1 aromatic carbocycles. The molecule has 2 aliphatic rings. The highest BCUT2D eigenvalue weighted by Gasteiger charge is 2.36. The zero-order valence-electron chi connectivity index (χ0n) is 17.1. The zero-order chi connectivity index (χ0) is 21.2. The summed E-state index contributed by atoms with van der Waals surface area (Å²) in [6.07, 6.45) is 2.57. The van der Waals surface area contributed by atoms with Crippen LogP contribution in [0.1, 0.15) is 46.5 Å². The molecule has 1 aliphatic heterocycles. The Kier molecular flexibility index (Phi) is 6.10. The van der Waals surface area contributed by atoms with Crippen molar-refractivity contribution in [3.63, 3.8) is 0 Å². The Bertz CT molecular complexity index is 802. The van der Waals surface area contributed by atoms with Gasteiger partial charge < -0.3 is 15.0 Å². The molecule has 1 aliphatic carbocycles. The van der Waals surface area contributed by atoms with E-state index in [9.17, 15) is 18.8 Å². The van der Waals surface area contributed by atoms with Gasteiger partial charge in [-0.2, -0.15) is 0 Å². The first-order valence-corrected chi connectivity index (χ1v) is 10.0. The molecule has 158 valence electrons. The van der Waals surface area contributed by atoms with Gasteiger partial charge in [0.15, 0.2) is 0 Å². The SMILES string of the molecule is CC(C)(C)OC(=O)Nc1ccc(F)cc1NC(=O)C1CCCN(C(=O)C2CC2)C1. The molecule has 2 fully saturated rings. The lowest BCUT2D eigenvalue weighted by molar-refractivity contribution is -0.135. The quantitative estimate of drug-likeness (QED) is 0.798. The summed E-state index contributed by atoms with van der Waals surface area (Å²) >= 11 is 0. The summed E-state index contributed by atoms with van der Waals surface area (Å²) in [5, 5.41) is 5.25. The third-order valence-electron chi connectivity index (χ3n) is 4.91. The fraction of sp³-hybridized carbons (Fsp3) is 0.571. The van der Waals surface area contributed by atoms with Crippen LogP contribution >= 0.6 is 0 Å². The second-order valence-electron chi connectivity index (χ2n) is 8.70. The number of hydrogen-bond donors (Lipinski definition) is 2. The topological polar surface area (TPSA) is 87.7 Å². The molecule has 1 atom stereocenters. The van der Waals surface area contributed by atoms with Crippen LogP contribution in [0.3, 0.4) is 0 Å². The van der Waals surface area contributed by atoms with Gasteiger partial charge in [0, 0.05) is 19.0 Å². The van der Waals surface area contributed by atoms with E-state index in [2.05, 4.69) is 10.6 Å². The van der Waals surface area contributed by atoms with E-state index in [1.54, 1.807) is 25.7 Å². The van der Waals surface area contributed by atoms with Crippen molar-refractivity contribution in [1.82, 2.24) is 4.90 Å². The predicted molar refractivity (Wildman–Crippen MR) is 107 cm³/mol. The molecule has 1 heterocycles. The largest absolute Gasteiger partial charge is 0.444 e. The molecule has 0 spiro atoms. The van der Waals surface area contributed by atoms with Crippen molar-refractivity contribution in [2.45, 2.75) is 52.1 Å². The van der Waals surface area contributed by atoms with Gasteiger partial charge in [-0.25, -0.2) is 9.18 Å². The first-order valence-electron chi connectivity index (χ1n) is 10.0. The number of nitrogens with one attached hydrogen (secondary N) is 2. The van der Waals surface area contributed by atoms with Crippen molar-refractivity contribution in [3.05, 3.63) is 24.0 Å². The van der Waals surface area contributed by atoms with Crippen molar-refractivity contribution < 1.29 is 23.5 Å². The fourth-order valence-corrected chi connectivity index (χ4v) is 3.36. The number of carbonyl (C=O) groups is 3. The average Bonchev–Trinajstić information content (AvgIpc) is 3.47. The van der Waals surface area contributed by atoms with E-state index in [4.69, 9.17) is 4.74 Å². The highest BCUT2D eigenvalue weighted by atomic mass is 19.1. The molecule has 1 saturated carbocycles. The Hall–Kier alpha value is -2.64. The maximum Gasteiger partial charge on any atom is 0.412 e. The van der Waals surface area contributed by atoms with Gasteiger partial charge in [-0.1, -0.05) is 0 Å². The van der Waals surface area contributed by atoms with E-state index < -0.39 is 17.5 Å². The van der Waals surface area contributed by atoms with Crippen molar-refractivity contribution in [2.24, 2.45) is 11.8 Å². The molecular formula is C21H28FN3O4. The minimum Gasteiger partial charge on any atom is -0.444 e. The third-order valence-corrected chi connectivity index (χ3v) is 4.91. The van der Waals surface area contributed by atoms with Gasteiger partial charge in [0.2, 0.25) is 11.8 Å². The lowest BCUT2D eigenvalue weighted by atomic mass is 9.96. The van der Waals surface area contributed by atoms with Crippen LogP contribution in [0.5, 0.6) is 0 Å². The number of benzene rings is 1. The van der Waals surface area contributed by atoms with Crippen LogP contribution in [0.4, 0.5) is 20.6 Å². The Morgan fingerprint density at radius 2 is 1.79 bits per heavy atom. The Labute approximate surface area is 170 Å². The molecule has 3 rings (SSSR count). The van der Waals surface area contributed by atoms with Gasteiger partial charge in [-0.3, -0.25) is 14.9 Å². The summed E-state index contributed by atoms with van der Waals surface area (Å²) < 4.78 is 19.0. The van der Waals surface area contributed by atoms with E-state index in [1.807, 2.05) is 0 Å². The first-order chi connectivity index (χ1) is 13.6. The molecule has 0 bridgehead atoms. The summed E-state index contributed by atoms with van der Waals surface area (Å²) in [7, 11) is 0. The van der Waals surface area contributed by atoms with Gasteiger partial charge in [0.1, 0.15) is 11.4 Å². The molecule has 0 aromatic heterocycles. The average molecular weight is 405 g/mol. The Morgan fingerprint density at radius 3 is 2.45 bits per heavy atom. The van der Waals surface area contributed by atoms with Crippen LogP contribution in [-0.2, 0) is 14.3 Å². The highest BCUT2D eigenvalue weighted by molar-refractivity contribution is 5.99. The van der Waals surface area contributed by atoms with Gasteiger partial charge in [0.25, 0.3) is 0 Å². The van der Waals surface area contributed by atoms with Crippen molar-refractivity contribution in [2.75, 3.05) is 23.7 Å². The number of halogens is 1. The summed E-state index contributed by atoms with van der Waals surface area (Å²) in [5.41, 5.74) is -0.282. The number of anilines is 2. The highest BCUT2D eigenvalue weighted by Crippen LogP contribution is 2.33.